The van der Waals surface area contributed by atoms with E-state index in [1.165, 1.54) is 64.2 Å². The van der Waals surface area contributed by atoms with Crippen molar-refractivity contribution in [3.63, 3.8) is 0 Å². The van der Waals surface area contributed by atoms with E-state index in [0.717, 1.165) is 104 Å². The molecule has 6 aromatic rings. The number of ether oxygens (including phenoxy) is 6. The molecule has 4 unspecified atom stereocenters. The lowest BCUT2D eigenvalue weighted by Gasteiger charge is -2.39. The minimum atomic E-state index is -0.983. The Kier molecular flexibility index (Phi) is 17.3. The maximum absolute atomic E-state index is 7.44. The highest BCUT2D eigenvalue weighted by molar-refractivity contribution is 6.02. The lowest BCUT2D eigenvalue weighted by Crippen LogP contribution is -2.35. The minimum absolute atomic E-state index is 0.00985. The van der Waals surface area contributed by atoms with Gasteiger partial charge in [-0.3, -0.25) is 0 Å². The van der Waals surface area contributed by atoms with Crippen LogP contribution in [0, 0.1) is 0 Å². The fraction of sp³-hybridized carbons (Fsp3) is 0.406. The van der Waals surface area contributed by atoms with Crippen molar-refractivity contribution in [1.82, 2.24) is 0 Å². The van der Waals surface area contributed by atoms with E-state index in [1.807, 2.05) is 12.1 Å². The smallest absolute Gasteiger partial charge is 0.181 e. The number of fused-ring (bicyclic) bond motifs is 5. The summed E-state index contributed by atoms with van der Waals surface area (Å²) in [5, 5.41) is 2.16. The van der Waals surface area contributed by atoms with Crippen LogP contribution in [-0.2, 0) is 11.2 Å². The van der Waals surface area contributed by atoms with Crippen LogP contribution in [0.25, 0.3) is 22.9 Å². The van der Waals surface area contributed by atoms with Crippen LogP contribution >= 0.6 is 0 Å². The van der Waals surface area contributed by atoms with Gasteiger partial charge in [0.2, 0.25) is 0 Å². The monoisotopic (exact) mass is 941 g/mol. The van der Waals surface area contributed by atoms with E-state index in [1.54, 1.807) is 0 Å². The first kappa shape index (κ1) is 50.3. The van der Waals surface area contributed by atoms with Gasteiger partial charge in [0.1, 0.15) is 34.5 Å². The van der Waals surface area contributed by atoms with E-state index in [-0.39, 0.29) is 12.2 Å². The average molecular weight is 941 g/mol. The van der Waals surface area contributed by atoms with Gasteiger partial charge in [0, 0.05) is 50.9 Å². The summed E-state index contributed by atoms with van der Waals surface area (Å²) < 4.78 is 41.2. The Hall–Kier alpha value is -6.14. The molecule has 6 nitrogen and oxygen atoms in total. The first-order chi connectivity index (χ1) is 34.3. The van der Waals surface area contributed by atoms with Crippen LogP contribution in [0.15, 0.2) is 133 Å². The van der Waals surface area contributed by atoms with Crippen molar-refractivity contribution in [2.24, 2.45) is 0 Å². The number of hydrogen-bond acceptors (Lipinski definition) is 6. The van der Waals surface area contributed by atoms with Crippen molar-refractivity contribution in [1.29, 1.82) is 0 Å². The van der Waals surface area contributed by atoms with Crippen molar-refractivity contribution in [3.05, 3.63) is 167 Å². The molecule has 6 heteroatoms. The van der Waals surface area contributed by atoms with Gasteiger partial charge in [-0.15, -0.1) is 0 Å². The summed E-state index contributed by atoms with van der Waals surface area (Å²) in [6, 6.07) is 42.0. The van der Waals surface area contributed by atoms with E-state index >= 15 is 0 Å². The highest BCUT2D eigenvalue weighted by Gasteiger charge is 2.43. The van der Waals surface area contributed by atoms with Gasteiger partial charge in [0.05, 0.1) is 25.4 Å². The summed E-state index contributed by atoms with van der Waals surface area (Å²) in [4.78, 5) is 0. The van der Waals surface area contributed by atoms with Crippen LogP contribution in [-0.4, -0.2) is 25.4 Å². The molecule has 0 saturated heterocycles. The number of benzene rings is 6. The van der Waals surface area contributed by atoms with Crippen LogP contribution in [0.4, 0.5) is 0 Å². The first-order valence-electron chi connectivity index (χ1n) is 26.7. The SMILES string of the molecule is CCCCCCCCOc1ccc(C2(c3ccccc3)C=Cc3c(ccc4ccc5c(c34)C=CC(c3ccccc3)(c3ccc(OCCCCCCCC)cc3OC(C)CC)O5)O2)c(OC(C)CC)c1. The molecule has 2 heterocycles. The standard InChI is InChI=1S/C64H76O6/c1-7-11-13-15-17-25-43-65-52-33-35-56(60(45-52)67-47(5)9-3)63(50-27-21-19-22-28-50)41-39-54-58(69-63)37-31-49-32-38-59-55(62(49)54)40-42-64(70-59,51-29-23-20-24-30-51)57-36-34-53(46-61(57)68-48(6)10-4)66-44-26-18-16-14-12-8-2/h19-24,27-42,45-48H,7-18,25-26,43-44H2,1-6H3. The topological polar surface area (TPSA) is 55.4 Å². The van der Waals surface area contributed by atoms with Crippen molar-refractivity contribution in [3.8, 4) is 34.5 Å². The third kappa shape index (κ3) is 11.4. The molecule has 0 bridgehead atoms. The zero-order valence-corrected chi connectivity index (χ0v) is 42.8. The number of hydrogen-bond donors (Lipinski definition) is 0. The Balaban J connectivity index is 1.16. The molecular weight excluding hydrogens is 865 g/mol. The van der Waals surface area contributed by atoms with Crippen molar-refractivity contribution in [2.75, 3.05) is 13.2 Å². The van der Waals surface area contributed by atoms with E-state index in [2.05, 4.69) is 175 Å². The summed E-state index contributed by atoms with van der Waals surface area (Å²) in [7, 11) is 0. The Morgan fingerprint density at radius 3 is 1.29 bits per heavy atom. The molecule has 0 spiro atoms. The maximum atomic E-state index is 7.44. The minimum Gasteiger partial charge on any atom is -0.493 e. The Morgan fingerprint density at radius 1 is 0.457 bits per heavy atom. The molecule has 8 rings (SSSR count). The van der Waals surface area contributed by atoms with Gasteiger partial charge in [-0.25, -0.2) is 0 Å². The van der Waals surface area contributed by atoms with Crippen LogP contribution < -0.4 is 28.4 Å². The second-order valence-electron chi connectivity index (χ2n) is 19.3. The third-order valence-electron chi connectivity index (χ3n) is 14.1. The van der Waals surface area contributed by atoms with Gasteiger partial charge in [0.15, 0.2) is 11.2 Å². The average Bonchev–Trinajstić information content (AvgIpc) is 3.40. The summed E-state index contributed by atoms with van der Waals surface area (Å²) in [6.07, 6.45) is 25.2. The maximum Gasteiger partial charge on any atom is 0.181 e. The zero-order valence-electron chi connectivity index (χ0n) is 42.8. The Labute approximate surface area is 419 Å². The third-order valence-corrected chi connectivity index (χ3v) is 14.1. The molecule has 0 aliphatic carbocycles. The summed E-state index contributed by atoms with van der Waals surface area (Å²) in [5.74, 6) is 4.68. The molecule has 368 valence electrons. The van der Waals surface area contributed by atoms with Crippen molar-refractivity contribution in [2.45, 2.75) is 155 Å². The number of rotatable bonds is 26. The molecule has 70 heavy (non-hydrogen) atoms. The summed E-state index contributed by atoms with van der Waals surface area (Å²) in [5.41, 5.74) is 3.89. The van der Waals surface area contributed by atoms with Crippen LogP contribution in [0.2, 0.25) is 0 Å². The summed E-state index contributed by atoms with van der Waals surface area (Å²) in [6.45, 7) is 14.4. The van der Waals surface area contributed by atoms with Gasteiger partial charge < -0.3 is 28.4 Å². The lowest BCUT2D eigenvalue weighted by molar-refractivity contribution is 0.147. The van der Waals surface area contributed by atoms with Crippen LogP contribution in [0.5, 0.6) is 34.5 Å². The number of unbranched alkanes of at least 4 members (excludes halogenated alkanes) is 10. The lowest BCUT2D eigenvalue weighted by atomic mass is 9.81. The predicted molar refractivity (Wildman–Crippen MR) is 289 cm³/mol. The molecule has 0 radical (unpaired) electrons. The van der Waals surface area contributed by atoms with Crippen LogP contribution in [0.1, 0.15) is 165 Å². The van der Waals surface area contributed by atoms with E-state index in [0.29, 0.717) is 13.2 Å². The van der Waals surface area contributed by atoms with Crippen molar-refractivity contribution < 1.29 is 28.4 Å². The summed E-state index contributed by atoms with van der Waals surface area (Å²) >= 11 is 0. The van der Waals surface area contributed by atoms with Gasteiger partial charge in [-0.1, -0.05) is 165 Å². The molecule has 0 N–H and O–H groups in total. The van der Waals surface area contributed by atoms with Gasteiger partial charge in [-0.2, -0.15) is 0 Å². The molecule has 4 atom stereocenters. The van der Waals surface area contributed by atoms with E-state index in [4.69, 9.17) is 28.4 Å². The molecule has 6 aromatic carbocycles. The van der Waals surface area contributed by atoms with Crippen LogP contribution in [0.3, 0.4) is 0 Å². The van der Waals surface area contributed by atoms with E-state index in [9.17, 15) is 0 Å². The molecule has 0 saturated carbocycles. The quantitative estimate of drug-likeness (QED) is 0.0505. The van der Waals surface area contributed by atoms with Gasteiger partial charge in [0.25, 0.3) is 0 Å². The highest BCUT2D eigenvalue weighted by Crippen LogP contribution is 2.52. The second kappa shape index (κ2) is 24.1. The molecule has 2 aliphatic rings. The molecule has 0 aromatic heterocycles. The van der Waals surface area contributed by atoms with Crippen molar-refractivity contribution >= 4 is 22.9 Å². The Morgan fingerprint density at radius 2 is 0.871 bits per heavy atom. The fourth-order valence-corrected chi connectivity index (χ4v) is 9.78. The highest BCUT2D eigenvalue weighted by atomic mass is 16.5. The van der Waals surface area contributed by atoms with Gasteiger partial charge >= 0.3 is 0 Å². The Bertz CT molecular complexity index is 2490. The molecular formula is C64H76O6. The first-order valence-corrected chi connectivity index (χ1v) is 26.7. The molecule has 0 fully saturated rings. The zero-order chi connectivity index (χ0) is 48.8. The largest absolute Gasteiger partial charge is 0.493 e. The molecule has 0 amide bonds. The molecule has 2 aliphatic heterocycles. The van der Waals surface area contributed by atoms with Gasteiger partial charge in [-0.05, 0) is 106 Å². The van der Waals surface area contributed by atoms with E-state index < -0.39 is 11.2 Å². The fourth-order valence-electron chi connectivity index (χ4n) is 9.78. The normalized spacial score (nSPS) is 17.7. The second-order valence-corrected chi connectivity index (χ2v) is 19.3. The predicted octanol–water partition coefficient (Wildman–Crippen LogP) is 17.4.